The van der Waals surface area contributed by atoms with Gasteiger partial charge in [-0.05, 0) is 37.3 Å². The molecule has 0 bridgehead atoms. The third-order valence-corrected chi connectivity index (χ3v) is 3.76. The standard InChI is InChI=1S/C17H11F6N3O/c1-9-14(26-5-3-2-4-13(26)24-9)15(27)25-12-7-10(16(18,19)20)6-11(8-12)17(21,22)23/h2-8H,1H3,(H,25,27). The van der Waals surface area contributed by atoms with Crippen LogP contribution in [0.3, 0.4) is 0 Å². The number of halogens is 6. The number of aryl methyl sites for hydroxylation is 1. The van der Waals surface area contributed by atoms with Gasteiger partial charge in [0.25, 0.3) is 5.91 Å². The van der Waals surface area contributed by atoms with Crippen LogP contribution in [-0.2, 0) is 12.4 Å². The van der Waals surface area contributed by atoms with Gasteiger partial charge in [-0.15, -0.1) is 0 Å². The van der Waals surface area contributed by atoms with Gasteiger partial charge in [0, 0.05) is 11.9 Å². The summed E-state index contributed by atoms with van der Waals surface area (Å²) in [6, 6.07) is 5.78. The topological polar surface area (TPSA) is 46.4 Å². The predicted molar refractivity (Wildman–Crippen MR) is 84.3 cm³/mol. The summed E-state index contributed by atoms with van der Waals surface area (Å²) in [4.78, 5) is 16.6. The normalized spacial score (nSPS) is 12.4. The lowest BCUT2D eigenvalue weighted by Gasteiger charge is -2.15. The highest BCUT2D eigenvalue weighted by molar-refractivity contribution is 6.04. The molecule has 1 aromatic carbocycles. The zero-order chi connectivity index (χ0) is 20.0. The van der Waals surface area contributed by atoms with Gasteiger partial charge in [0.2, 0.25) is 0 Å². The second-order valence-electron chi connectivity index (χ2n) is 5.72. The number of benzene rings is 1. The maximum absolute atomic E-state index is 12.9. The summed E-state index contributed by atoms with van der Waals surface area (Å²) < 4.78 is 78.9. The van der Waals surface area contributed by atoms with Crippen LogP contribution < -0.4 is 5.32 Å². The smallest absolute Gasteiger partial charge is 0.321 e. The molecule has 3 aromatic rings. The summed E-state index contributed by atoms with van der Waals surface area (Å²) in [5.74, 6) is -0.876. The minimum absolute atomic E-state index is 0.00483. The third-order valence-electron chi connectivity index (χ3n) is 3.76. The predicted octanol–water partition coefficient (Wildman–Crippen LogP) is 4.93. The van der Waals surface area contributed by atoms with Crippen LogP contribution in [0.15, 0.2) is 42.6 Å². The summed E-state index contributed by atoms with van der Waals surface area (Å²) in [7, 11) is 0. The molecule has 142 valence electrons. The van der Waals surface area contributed by atoms with E-state index in [4.69, 9.17) is 0 Å². The molecule has 0 spiro atoms. The molecule has 2 aromatic heterocycles. The van der Waals surface area contributed by atoms with Gasteiger partial charge in [-0.2, -0.15) is 26.3 Å². The third kappa shape index (κ3) is 3.74. The SMILES string of the molecule is Cc1nc2ccccn2c1C(=O)Nc1cc(C(F)(F)F)cc(C(F)(F)F)c1. The number of hydrogen-bond acceptors (Lipinski definition) is 2. The summed E-state index contributed by atoms with van der Waals surface area (Å²) in [5, 5.41) is 2.10. The first-order valence-corrected chi connectivity index (χ1v) is 7.51. The Morgan fingerprint density at radius 3 is 2.15 bits per heavy atom. The van der Waals surface area contributed by atoms with Gasteiger partial charge in [0.1, 0.15) is 11.3 Å². The highest BCUT2D eigenvalue weighted by Crippen LogP contribution is 2.37. The average molecular weight is 387 g/mol. The highest BCUT2D eigenvalue weighted by atomic mass is 19.4. The molecule has 0 aliphatic rings. The van der Waals surface area contributed by atoms with Gasteiger partial charge in [0.05, 0.1) is 16.8 Å². The zero-order valence-corrected chi connectivity index (χ0v) is 13.6. The molecule has 4 nitrogen and oxygen atoms in total. The van der Waals surface area contributed by atoms with E-state index in [9.17, 15) is 31.1 Å². The summed E-state index contributed by atoms with van der Waals surface area (Å²) in [6.45, 7) is 1.51. The summed E-state index contributed by atoms with van der Waals surface area (Å²) in [6.07, 6.45) is -8.49. The van der Waals surface area contributed by atoms with E-state index in [0.717, 1.165) is 0 Å². The summed E-state index contributed by atoms with van der Waals surface area (Å²) >= 11 is 0. The molecule has 2 heterocycles. The molecule has 0 atom stereocenters. The van der Waals surface area contributed by atoms with E-state index in [0.29, 0.717) is 17.8 Å². The van der Waals surface area contributed by atoms with Crippen molar-refractivity contribution >= 4 is 17.2 Å². The van der Waals surface area contributed by atoms with E-state index in [1.54, 1.807) is 18.2 Å². The Kier molecular flexibility index (Phi) is 4.37. The molecule has 3 rings (SSSR count). The van der Waals surface area contributed by atoms with Crippen LogP contribution in [0.1, 0.15) is 27.3 Å². The molecule has 0 aliphatic carbocycles. The Labute approximate surface area is 148 Å². The van der Waals surface area contributed by atoms with Gasteiger partial charge < -0.3 is 5.32 Å². The second-order valence-corrected chi connectivity index (χ2v) is 5.72. The fraction of sp³-hybridized carbons (Fsp3) is 0.176. The van der Waals surface area contributed by atoms with E-state index in [1.807, 2.05) is 0 Å². The van der Waals surface area contributed by atoms with Crippen molar-refractivity contribution in [1.29, 1.82) is 0 Å². The number of pyridine rings is 1. The lowest BCUT2D eigenvalue weighted by molar-refractivity contribution is -0.143. The second kappa shape index (κ2) is 6.29. The van der Waals surface area contributed by atoms with E-state index in [2.05, 4.69) is 10.3 Å². The number of nitrogens with zero attached hydrogens (tertiary/aromatic N) is 2. The maximum atomic E-state index is 12.9. The molecule has 0 aliphatic heterocycles. The Morgan fingerprint density at radius 1 is 1.00 bits per heavy atom. The van der Waals surface area contributed by atoms with Crippen molar-refractivity contribution in [2.45, 2.75) is 19.3 Å². The minimum atomic E-state index is -5.00. The molecule has 0 fully saturated rings. The van der Waals surface area contributed by atoms with Crippen molar-refractivity contribution < 1.29 is 31.1 Å². The quantitative estimate of drug-likeness (QED) is 0.634. The number of imidazole rings is 1. The Morgan fingerprint density at radius 2 is 1.59 bits per heavy atom. The number of alkyl halides is 6. The van der Waals surface area contributed by atoms with Gasteiger partial charge in [-0.25, -0.2) is 4.98 Å². The lowest BCUT2D eigenvalue weighted by Crippen LogP contribution is -2.18. The van der Waals surface area contributed by atoms with Crippen molar-refractivity contribution in [3.8, 4) is 0 Å². The van der Waals surface area contributed by atoms with E-state index in [-0.39, 0.29) is 17.5 Å². The molecule has 0 radical (unpaired) electrons. The van der Waals surface area contributed by atoms with Crippen LogP contribution in [0.5, 0.6) is 0 Å². The monoisotopic (exact) mass is 387 g/mol. The van der Waals surface area contributed by atoms with Crippen molar-refractivity contribution in [2.75, 3.05) is 5.32 Å². The van der Waals surface area contributed by atoms with E-state index < -0.39 is 35.1 Å². The van der Waals surface area contributed by atoms with Crippen LogP contribution in [-0.4, -0.2) is 15.3 Å². The maximum Gasteiger partial charge on any atom is 0.416 e. The average Bonchev–Trinajstić information content (AvgIpc) is 2.88. The summed E-state index contributed by atoms with van der Waals surface area (Å²) in [5.41, 5.74) is -2.93. The number of carbonyl (C=O) groups is 1. The Balaban J connectivity index is 2.04. The van der Waals surface area contributed by atoms with E-state index >= 15 is 0 Å². The first-order valence-electron chi connectivity index (χ1n) is 7.51. The first-order chi connectivity index (χ1) is 12.5. The van der Waals surface area contributed by atoms with Gasteiger partial charge in [0.15, 0.2) is 0 Å². The highest BCUT2D eigenvalue weighted by Gasteiger charge is 2.37. The molecule has 1 N–H and O–H groups in total. The van der Waals surface area contributed by atoms with Crippen molar-refractivity contribution in [3.05, 3.63) is 65.1 Å². The number of aromatic nitrogens is 2. The Hall–Kier alpha value is -3.04. The van der Waals surface area contributed by atoms with Gasteiger partial charge >= 0.3 is 12.4 Å². The van der Waals surface area contributed by atoms with Crippen LogP contribution >= 0.6 is 0 Å². The molecule has 0 saturated carbocycles. The van der Waals surface area contributed by atoms with Gasteiger partial charge in [-0.1, -0.05) is 6.07 Å². The number of nitrogens with one attached hydrogen (secondary N) is 1. The molecule has 10 heteroatoms. The zero-order valence-electron chi connectivity index (χ0n) is 13.6. The van der Waals surface area contributed by atoms with Crippen molar-refractivity contribution in [3.63, 3.8) is 0 Å². The number of rotatable bonds is 2. The van der Waals surface area contributed by atoms with Crippen LogP contribution in [0.2, 0.25) is 0 Å². The number of anilines is 1. The number of amides is 1. The molecular formula is C17H11F6N3O. The van der Waals surface area contributed by atoms with E-state index in [1.165, 1.54) is 17.5 Å². The van der Waals surface area contributed by atoms with Crippen LogP contribution in [0.25, 0.3) is 5.65 Å². The number of hydrogen-bond donors (Lipinski definition) is 1. The molecule has 0 unspecified atom stereocenters. The van der Waals surface area contributed by atoms with Gasteiger partial charge in [-0.3, -0.25) is 9.20 Å². The molecule has 0 saturated heterocycles. The largest absolute Gasteiger partial charge is 0.416 e. The van der Waals surface area contributed by atoms with Crippen molar-refractivity contribution in [1.82, 2.24) is 9.38 Å². The van der Waals surface area contributed by atoms with Crippen LogP contribution in [0.4, 0.5) is 32.0 Å². The molecule has 27 heavy (non-hydrogen) atoms. The van der Waals surface area contributed by atoms with Crippen molar-refractivity contribution in [2.24, 2.45) is 0 Å². The lowest BCUT2D eigenvalue weighted by atomic mass is 10.1. The number of carbonyl (C=O) groups excluding carboxylic acids is 1. The van der Waals surface area contributed by atoms with Crippen LogP contribution in [0, 0.1) is 6.92 Å². The Bertz CT molecular complexity index is 987. The number of fused-ring (bicyclic) bond motifs is 1. The fourth-order valence-corrected chi connectivity index (χ4v) is 2.60. The fourth-order valence-electron chi connectivity index (χ4n) is 2.60. The first kappa shape index (κ1) is 18.7. The minimum Gasteiger partial charge on any atom is -0.321 e. The molecule has 1 amide bonds. The molecular weight excluding hydrogens is 376 g/mol.